The van der Waals surface area contributed by atoms with Crippen LogP contribution in [0.25, 0.3) is 11.3 Å². The first-order valence-corrected chi connectivity index (χ1v) is 6.99. The number of pyridine rings is 1. The Hall–Kier alpha value is -2.32. The highest BCUT2D eigenvalue weighted by atomic mass is 79.9. The molecule has 1 aromatic carbocycles. The van der Waals surface area contributed by atoms with E-state index in [2.05, 4.69) is 15.3 Å². The highest BCUT2D eigenvalue weighted by Crippen LogP contribution is 2.28. The second-order valence-corrected chi connectivity index (χ2v) is 5.04. The lowest BCUT2D eigenvalue weighted by atomic mass is 10.1. The zero-order valence-electron chi connectivity index (χ0n) is 11.2. The molecule has 112 valence electrons. The van der Waals surface area contributed by atoms with Crippen LogP contribution < -0.4 is 5.32 Å². The van der Waals surface area contributed by atoms with Crippen LogP contribution in [0.4, 0.5) is 16.6 Å². The van der Waals surface area contributed by atoms with Crippen molar-refractivity contribution in [3.8, 4) is 11.3 Å². The summed E-state index contributed by atoms with van der Waals surface area (Å²) in [5, 5.41) is 16.4. The molecule has 2 heterocycles. The van der Waals surface area contributed by atoms with Crippen molar-refractivity contribution in [3.05, 3.63) is 64.2 Å². The molecule has 0 saturated heterocycles. The van der Waals surface area contributed by atoms with E-state index in [0.29, 0.717) is 16.6 Å². The summed E-state index contributed by atoms with van der Waals surface area (Å²) in [5.41, 5.74) is 1.47. The number of rotatable bonds is 4. The number of benzene rings is 1. The molecule has 0 saturated carbocycles. The Morgan fingerprint density at radius 2 is 2.05 bits per heavy atom. The Balaban J connectivity index is 0.00000176. The van der Waals surface area contributed by atoms with Crippen LogP contribution >= 0.6 is 28.3 Å². The topological polar surface area (TPSA) is 81.0 Å². The number of non-ortho nitro benzene ring substituents is 1. The molecule has 8 heteroatoms. The van der Waals surface area contributed by atoms with Crippen molar-refractivity contribution in [2.24, 2.45) is 0 Å². The fraction of sp³-hybridized carbons (Fsp3) is 0. The number of anilines is 2. The third-order valence-electron chi connectivity index (χ3n) is 2.76. The number of hydrogen-bond acceptors (Lipinski definition) is 6. The lowest BCUT2D eigenvalue weighted by Gasteiger charge is -2.00. The fourth-order valence-corrected chi connectivity index (χ4v) is 2.52. The Labute approximate surface area is 140 Å². The molecule has 0 bridgehead atoms. The first-order valence-electron chi connectivity index (χ1n) is 6.11. The van der Waals surface area contributed by atoms with Gasteiger partial charge in [0.05, 0.1) is 10.6 Å². The number of nitrogens with zero attached hydrogens (tertiary/aromatic N) is 3. The van der Waals surface area contributed by atoms with E-state index >= 15 is 0 Å². The summed E-state index contributed by atoms with van der Waals surface area (Å²) < 4.78 is 0. The van der Waals surface area contributed by atoms with E-state index in [4.69, 9.17) is 0 Å². The second kappa shape index (κ2) is 7.10. The fourth-order valence-electron chi connectivity index (χ4n) is 1.79. The van der Waals surface area contributed by atoms with Crippen molar-refractivity contribution >= 4 is 45.0 Å². The maximum atomic E-state index is 10.8. The van der Waals surface area contributed by atoms with Crippen LogP contribution in [0.3, 0.4) is 0 Å². The minimum absolute atomic E-state index is 0. The molecule has 0 fully saturated rings. The highest BCUT2D eigenvalue weighted by Gasteiger charge is 2.10. The van der Waals surface area contributed by atoms with Crippen molar-refractivity contribution in [1.29, 1.82) is 0 Å². The molecular formula is C14H11BrN4O2S. The summed E-state index contributed by atoms with van der Waals surface area (Å²) in [6.07, 6.45) is 1.69. The zero-order chi connectivity index (χ0) is 14.7. The van der Waals surface area contributed by atoms with Gasteiger partial charge >= 0.3 is 0 Å². The van der Waals surface area contributed by atoms with E-state index < -0.39 is 4.92 Å². The van der Waals surface area contributed by atoms with Gasteiger partial charge in [-0.05, 0) is 12.1 Å². The number of nitrogens with one attached hydrogen (secondary N) is 1. The average molecular weight is 379 g/mol. The third kappa shape index (κ3) is 3.66. The molecule has 0 radical (unpaired) electrons. The van der Waals surface area contributed by atoms with E-state index in [1.54, 1.807) is 18.3 Å². The normalized spacial score (nSPS) is 9.82. The van der Waals surface area contributed by atoms with Gasteiger partial charge < -0.3 is 5.32 Å². The lowest BCUT2D eigenvalue weighted by Crippen LogP contribution is -1.92. The van der Waals surface area contributed by atoms with E-state index in [-0.39, 0.29) is 22.7 Å². The molecule has 0 unspecified atom stereocenters. The molecular weight excluding hydrogens is 368 g/mol. The first-order chi connectivity index (χ1) is 10.2. The van der Waals surface area contributed by atoms with Crippen LogP contribution in [0.5, 0.6) is 0 Å². The van der Waals surface area contributed by atoms with Gasteiger partial charge in [0.1, 0.15) is 5.82 Å². The Morgan fingerprint density at radius 3 is 2.77 bits per heavy atom. The minimum atomic E-state index is -0.414. The van der Waals surface area contributed by atoms with Crippen molar-refractivity contribution in [2.45, 2.75) is 0 Å². The molecule has 0 amide bonds. The van der Waals surface area contributed by atoms with Gasteiger partial charge in [-0.1, -0.05) is 18.2 Å². The summed E-state index contributed by atoms with van der Waals surface area (Å²) in [5.74, 6) is 0.706. The van der Waals surface area contributed by atoms with E-state index in [0.717, 1.165) is 5.56 Å². The smallest absolute Gasteiger partial charge is 0.270 e. The quantitative estimate of drug-likeness (QED) is 0.536. The molecule has 22 heavy (non-hydrogen) atoms. The second-order valence-electron chi connectivity index (χ2n) is 4.19. The highest BCUT2D eigenvalue weighted by molar-refractivity contribution is 8.93. The van der Waals surface area contributed by atoms with Gasteiger partial charge in [-0.3, -0.25) is 10.1 Å². The van der Waals surface area contributed by atoms with E-state index in [9.17, 15) is 10.1 Å². The molecule has 2 aromatic heterocycles. The third-order valence-corrected chi connectivity index (χ3v) is 3.51. The summed E-state index contributed by atoms with van der Waals surface area (Å²) in [6, 6.07) is 12.0. The molecule has 0 aliphatic carbocycles. The number of hydrogen-bond donors (Lipinski definition) is 1. The first kappa shape index (κ1) is 16.1. The number of nitro benzene ring substituents is 1. The predicted molar refractivity (Wildman–Crippen MR) is 92.0 cm³/mol. The van der Waals surface area contributed by atoms with Gasteiger partial charge in [0.2, 0.25) is 0 Å². The van der Waals surface area contributed by atoms with E-state index in [1.807, 2.05) is 23.6 Å². The van der Waals surface area contributed by atoms with Gasteiger partial charge in [-0.15, -0.1) is 28.3 Å². The Morgan fingerprint density at radius 1 is 1.18 bits per heavy atom. The lowest BCUT2D eigenvalue weighted by molar-refractivity contribution is -0.384. The maximum Gasteiger partial charge on any atom is 0.270 e. The van der Waals surface area contributed by atoms with Crippen molar-refractivity contribution < 1.29 is 4.92 Å². The van der Waals surface area contributed by atoms with E-state index in [1.165, 1.54) is 23.5 Å². The van der Waals surface area contributed by atoms with Crippen molar-refractivity contribution in [3.63, 3.8) is 0 Å². The van der Waals surface area contributed by atoms with Crippen LogP contribution in [-0.2, 0) is 0 Å². The summed E-state index contributed by atoms with van der Waals surface area (Å²) in [4.78, 5) is 19.0. The molecule has 0 spiro atoms. The van der Waals surface area contributed by atoms with Gasteiger partial charge in [0.15, 0.2) is 5.13 Å². The predicted octanol–water partition coefficient (Wildman–Crippen LogP) is 4.43. The SMILES string of the molecule is Br.O=[N+]([O-])c1cccc(-c2csc(Nc3ccccn3)n2)c1. The summed E-state index contributed by atoms with van der Waals surface area (Å²) in [6.45, 7) is 0. The molecule has 3 rings (SSSR count). The standard InChI is InChI=1S/C14H10N4O2S.BrH/c19-18(20)11-5-3-4-10(8-11)12-9-21-14(16-12)17-13-6-1-2-7-15-13;/h1-9H,(H,15,16,17);1H. The Bertz CT molecular complexity index is 779. The van der Waals surface area contributed by atoms with Crippen molar-refractivity contribution in [1.82, 2.24) is 9.97 Å². The van der Waals surface area contributed by atoms with Gasteiger partial charge in [-0.2, -0.15) is 0 Å². The number of halogens is 1. The molecule has 3 aromatic rings. The minimum Gasteiger partial charge on any atom is -0.316 e. The van der Waals surface area contributed by atoms with Crippen LogP contribution in [0.15, 0.2) is 54.0 Å². The monoisotopic (exact) mass is 378 g/mol. The molecule has 0 aliphatic heterocycles. The molecule has 1 N–H and O–H groups in total. The maximum absolute atomic E-state index is 10.8. The summed E-state index contributed by atoms with van der Waals surface area (Å²) >= 11 is 1.42. The molecule has 0 aliphatic rings. The number of aromatic nitrogens is 2. The largest absolute Gasteiger partial charge is 0.316 e. The Kier molecular flexibility index (Phi) is 5.18. The van der Waals surface area contributed by atoms with Crippen molar-refractivity contribution in [2.75, 3.05) is 5.32 Å². The van der Waals surface area contributed by atoms with Crippen LogP contribution in [0, 0.1) is 10.1 Å². The average Bonchev–Trinajstić information content (AvgIpc) is 2.97. The number of thiazole rings is 1. The molecule has 6 nitrogen and oxygen atoms in total. The zero-order valence-corrected chi connectivity index (χ0v) is 13.7. The van der Waals surface area contributed by atoms with Crippen LogP contribution in [-0.4, -0.2) is 14.9 Å². The van der Waals surface area contributed by atoms with Crippen LogP contribution in [0.1, 0.15) is 0 Å². The summed E-state index contributed by atoms with van der Waals surface area (Å²) in [7, 11) is 0. The van der Waals surface area contributed by atoms with Gasteiger partial charge in [-0.25, -0.2) is 9.97 Å². The van der Waals surface area contributed by atoms with Gasteiger partial charge in [0, 0.05) is 29.3 Å². The van der Waals surface area contributed by atoms with Gasteiger partial charge in [0.25, 0.3) is 5.69 Å². The van der Waals surface area contributed by atoms with Crippen LogP contribution in [0.2, 0.25) is 0 Å². The number of nitro groups is 1. The molecule has 0 atom stereocenters.